The van der Waals surface area contributed by atoms with E-state index in [4.69, 9.17) is 4.74 Å². The lowest BCUT2D eigenvalue weighted by Gasteiger charge is -2.32. The summed E-state index contributed by atoms with van der Waals surface area (Å²) in [6, 6.07) is 7.07. The molecule has 0 N–H and O–H groups in total. The van der Waals surface area contributed by atoms with Crippen molar-refractivity contribution in [3.63, 3.8) is 0 Å². The van der Waals surface area contributed by atoms with Crippen LogP contribution in [-0.4, -0.2) is 38.3 Å². The first kappa shape index (κ1) is 17.2. The van der Waals surface area contributed by atoms with Crippen molar-refractivity contribution >= 4 is 0 Å². The van der Waals surface area contributed by atoms with E-state index in [2.05, 4.69) is 9.64 Å². The number of rotatable bonds is 8. The molecule has 0 aromatic heterocycles. The molecular formula is C17H25F2NO2. The fourth-order valence-corrected chi connectivity index (χ4v) is 3.04. The lowest BCUT2D eigenvalue weighted by molar-refractivity contribution is -0.0508. The first-order valence-corrected chi connectivity index (χ1v) is 7.93. The van der Waals surface area contributed by atoms with Gasteiger partial charge in [0.25, 0.3) is 0 Å². The van der Waals surface area contributed by atoms with Crippen molar-refractivity contribution in [2.45, 2.75) is 38.8 Å². The third kappa shape index (κ3) is 5.54. The summed E-state index contributed by atoms with van der Waals surface area (Å²) in [5.41, 5.74) is 0.834. The van der Waals surface area contributed by atoms with E-state index < -0.39 is 6.61 Å². The maximum atomic E-state index is 12.4. The van der Waals surface area contributed by atoms with Crippen molar-refractivity contribution in [1.29, 1.82) is 0 Å². The zero-order valence-corrected chi connectivity index (χ0v) is 13.1. The molecule has 1 saturated heterocycles. The Balaban J connectivity index is 1.81. The molecule has 1 fully saturated rings. The zero-order valence-electron chi connectivity index (χ0n) is 13.1. The zero-order chi connectivity index (χ0) is 15.8. The number of ether oxygens (including phenoxy) is 2. The van der Waals surface area contributed by atoms with Gasteiger partial charge in [0.2, 0.25) is 0 Å². The van der Waals surface area contributed by atoms with Gasteiger partial charge in [-0.3, -0.25) is 4.90 Å². The van der Waals surface area contributed by atoms with Crippen molar-refractivity contribution < 1.29 is 18.3 Å². The summed E-state index contributed by atoms with van der Waals surface area (Å²) in [6.45, 7) is 0.765. The first-order valence-electron chi connectivity index (χ1n) is 7.93. The average molecular weight is 313 g/mol. The maximum Gasteiger partial charge on any atom is 0.387 e. The van der Waals surface area contributed by atoms with Crippen LogP contribution in [0.1, 0.15) is 31.2 Å². The number of nitrogens with zero attached hydrogens (tertiary/aromatic N) is 1. The van der Waals surface area contributed by atoms with E-state index in [1.54, 1.807) is 19.2 Å². The number of hydrogen-bond acceptors (Lipinski definition) is 3. The van der Waals surface area contributed by atoms with Crippen LogP contribution in [0, 0.1) is 5.92 Å². The molecule has 0 spiro atoms. The average Bonchev–Trinajstić information content (AvgIpc) is 2.51. The Morgan fingerprint density at radius 3 is 2.64 bits per heavy atom. The summed E-state index contributed by atoms with van der Waals surface area (Å²) in [5.74, 6) is 1.05. The molecular weight excluding hydrogens is 288 g/mol. The Kier molecular flexibility index (Phi) is 7.06. The highest BCUT2D eigenvalue weighted by Gasteiger charge is 2.20. The van der Waals surface area contributed by atoms with Crippen LogP contribution in [0.15, 0.2) is 24.3 Å². The quantitative estimate of drug-likeness (QED) is 0.679. The minimum absolute atomic E-state index is 0.291. The van der Waals surface area contributed by atoms with E-state index in [0.29, 0.717) is 12.3 Å². The summed E-state index contributed by atoms with van der Waals surface area (Å²) in [4.78, 5) is 2.32. The normalized spacial score (nSPS) is 17.1. The molecule has 3 nitrogen and oxygen atoms in total. The lowest BCUT2D eigenvalue weighted by atomic mass is 9.92. The fraction of sp³-hybridized carbons (Fsp3) is 0.647. The Bertz CT molecular complexity index is 434. The lowest BCUT2D eigenvalue weighted by Crippen LogP contribution is -2.33. The molecule has 2 rings (SSSR count). The molecule has 0 saturated carbocycles. The van der Waals surface area contributed by atoms with E-state index in [1.807, 2.05) is 12.1 Å². The van der Waals surface area contributed by atoms with Crippen molar-refractivity contribution in [1.82, 2.24) is 4.90 Å². The molecule has 0 radical (unpaired) electrons. The first-order chi connectivity index (χ1) is 10.7. The molecule has 1 aliphatic rings. The Hall–Kier alpha value is -1.20. The van der Waals surface area contributed by atoms with Crippen molar-refractivity contribution in [2.75, 3.05) is 26.8 Å². The third-order valence-corrected chi connectivity index (χ3v) is 4.25. The van der Waals surface area contributed by atoms with Gasteiger partial charge in [-0.1, -0.05) is 18.2 Å². The van der Waals surface area contributed by atoms with Crippen LogP contribution in [0.2, 0.25) is 0 Å². The molecule has 124 valence electrons. The number of hydrogen-bond donors (Lipinski definition) is 0. The summed E-state index contributed by atoms with van der Waals surface area (Å²) >= 11 is 0. The molecule has 1 aromatic carbocycles. The monoisotopic (exact) mass is 313 g/mol. The van der Waals surface area contributed by atoms with E-state index in [-0.39, 0.29) is 0 Å². The number of halogens is 2. The standard InChI is InChI=1S/C17H25F2NO2/c1-21-12-4-5-14-8-10-20(11-9-14)13-15-6-2-3-7-16(15)22-17(18)19/h2-3,6-7,14,17H,4-5,8-13H2,1H3. The number of likely N-dealkylation sites (tertiary alicyclic amines) is 1. The highest BCUT2D eigenvalue weighted by molar-refractivity contribution is 5.33. The second kappa shape index (κ2) is 9.06. The molecule has 0 atom stereocenters. The summed E-state index contributed by atoms with van der Waals surface area (Å²) in [7, 11) is 1.74. The summed E-state index contributed by atoms with van der Waals surface area (Å²) in [6.07, 6.45) is 4.67. The predicted octanol–water partition coefficient (Wildman–Crippen LogP) is 3.93. The van der Waals surface area contributed by atoms with Crippen LogP contribution in [0.5, 0.6) is 5.75 Å². The van der Waals surface area contributed by atoms with Gasteiger partial charge in [0.05, 0.1) is 0 Å². The molecule has 0 amide bonds. The molecule has 0 unspecified atom stereocenters. The Morgan fingerprint density at radius 2 is 1.95 bits per heavy atom. The minimum atomic E-state index is -2.77. The van der Waals surface area contributed by atoms with E-state index >= 15 is 0 Å². The van der Waals surface area contributed by atoms with Crippen LogP contribution in [0.3, 0.4) is 0 Å². The van der Waals surface area contributed by atoms with Gasteiger partial charge >= 0.3 is 6.61 Å². The molecule has 0 bridgehead atoms. The van der Waals surface area contributed by atoms with Gasteiger partial charge in [0, 0.05) is 25.8 Å². The van der Waals surface area contributed by atoms with Gasteiger partial charge in [-0.2, -0.15) is 8.78 Å². The Labute approximate surface area is 131 Å². The van der Waals surface area contributed by atoms with Gasteiger partial charge in [0.1, 0.15) is 5.75 Å². The van der Waals surface area contributed by atoms with Crippen LogP contribution in [-0.2, 0) is 11.3 Å². The largest absolute Gasteiger partial charge is 0.434 e. The molecule has 5 heteroatoms. The van der Waals surface area contributed by atoms with E-state index in [9.17, 15) is 8.78 Å². The van der Waals surface area contributed by atoms with Crippen LogP contribution in [0.4, 0.5) is 8.78 Å². The van der Waals surface area contributed by atoms with Gasteiger partial charge in [-0.15, -0.1) is 0 Å². The van der Waals surface area contributed by atoms with Crippen molar-refractivity contribution in [3.05, 3.63) is 29.8 Å². The van der Waals surface area contributed by atoms with Crippen LogP contribution < -0.4 is 4.74 Å². The summed E-state index contributed by atoms with van der Waals surface area (Å²) < 4.78 is 34.6. The highest BCUT2D eigenvalue weighted by atomic mass is 19.3. The third-order valence-electron chi connectivity index (χ3n) is 4.25. The number of para-hydroxylation sites is 1. The number of alkyl halides is 2. The van der Waals surface area contributed by atoms with Gasteiger partial charge in [-0.25, -0.2) is 0 Å². The van der Waals surface area contributed by atoms with E-state index in [0.717, 1.165) is 37.6 Å². The van der Waals surface area contributed by atoms with Crippen molar-refractivity contribution in [3.8, 4) is 5.75 Å². The van der Waals surface area contributed by atoms with Crippen molar-refractivity contribution in [2.24, 2.45) is 5.92 Å². The second-order valence-corrected chi connectivity index (χ2v) is 5.84. The Morgan fingerprint density at radius 1 is 1.23 bits per heavy atom. The number of piperidine rings is 1. The smallest absolute Gasteiger partial charge is 0.387 e. The molecule has 1 aromatic rings. The highest BCUT2D eigenvalue weighted by Crippen LogP contribution is 2.26. The second-order valence-electron chi connectivity index (χ2n) is 5.84. The summed E-state index contributed by atoms with van der Waals surface area (Å²) in [5, 5.41) is 0. The molecule has 1 aliphatic heterocycles. The van der Waals surface area contributed by atoms with E-state index in [1.165, 1.54) is 19.3 Å². The van der Waals surface area contributed by atoms with Crippen LogP contribution in [0.25, 0.3) is 0 Å². The van der Waals surface area contributed by atoms with Gasteiger partial charge in [0.15, 0.2) is 0 Å². The van der Waals surface area contributed by atoms with Gasteiger partial charge in [-0.05, 0) is 50.8 Å². The SMILES string of the molecule is COCCCC1CCN(Cc2ccccc2OC(F)F)CC1. The topological polar surface area (TPSA) is 21.7 Å². The number of benzene rings is 1. The van der Waals surface area contributed by atoms with Crippen LogP contribution >= 0.6 is 0 Å². The number of methoxy groups -OCH3 is 1. The molecule has 0 aliphatic carbocycles. The fourth-order valence-electron chi connectivity index (χ4n) is 3.04. The minimum Gasteiger partial charge on any atom is -0.434 e. The van der Waals surface area contributed by atoms with Gasteiger partial charge < -0.3 is 9.47 Å². The maximum absolute atomic E-state index is 12.4. The molecule has 1 heterocycles. The molecule has 22 heavy (non-hydrogen) atoms. The predicted molar refractivity (Wildman–Crippen MR) is 82.2 cm³/mol.